The summed E-state index contributed by atoms with van der Waals surface area (Å²) >= 11 is 0. The molecule has 1 unspecified atom stereocenters. The summed E-state index contributed by atoms with van der Waals surface area (Å²) in [6.07, 6.45) is 4.08. The lowest BCUT2D eigenvalue weighted by Gasteiger charge is -2.29. The van der Waals surface area contributed by atoms with Crippen LogP contribution in [0.15, 0.2) is 24.3 Å². The lowest BCUT2D eigenvalue weighted by molar-refractivity contribution is 0.0188. The van der Waals surface area contributed by atoms with Gasteiger partial charge in [0.25, 0.3) is 0 Å². The lowest BCUT2D eigenvalue weighted by Crippen LogP contribution is -2.25. The van der Waals surface area contributed by atoms with E-state index in [0.717, 1.165) is 12.8 Å². The number of halogens is 4. The maximum atomic E-state index is 14.9. The molecule has 0 bridgehead atoms. The Morgan fingerprint density at radius 1 is 0.722 bits per heavy atom. The zero-order valence-corrected chi connectivity index (χ0v) is 20.2. The highest BCUT2D eigenvalue weighted by Crippen LogP contribution is 2.40. The van der Waals surface area contributed by atoms with Crippen molar-refractivity contribution in [2.45, 2.75) is 81.5 Å². The third-order valence-electron chi connectivity index (χ3n) is 7.99. The number of epoxide rings is 1. The van der Waals surface area contributed by atoms with Gasteiger partial charge in [-0.25, -0.2) is 22.4 Å². The molecule has 0 amide bonds. The molecule has 4 nitrogen and oxygen atoms in total. The molecule has 36 heavy (non-hydrogen) atoms. The third kappa shape index (κ3) is 5.02. The molecule has 2 aliphatic carbocycles. The fourth-order valence-electron chi connectivity index (χ4n) is 5.72. The summed E-state index contributed by atoms with van der Waals surface area (Å²) in [6, 6.07) is 5.96. The summed E-state index contributed by atoms with van der Waals surface area (Å²) < 4.78 is 74.6. The van der Waals surface area contributed by atoms with Gasteiger partial charge in [0.2, 0.25) is 0 Å². The second-order valence-corrected chi connectivity index (χ2v) is 10.1. The van der Waals surface area contributed by atoms with Gasteiger partial charge in [0, 0.05) is 12.7 Å². The van der Waals surface area contributed by atoms with Gasteiger partial charge >= 0.3 is 5.97 Å². The molecule has 1 heterocycles. The topological polar surface area (TPSA) is 48.1 Å². The van der Waals surface area contributed by atoms with Crippen LogP contribution < -0.4 is 0 Å². The minimum absolute atomic E-state index is 0.109. The van der Waals surface area contributed by atoms with Gasteiger partial charge in [0.15, 0.2) is 23.3 Å². The molecule has 0 N–H and O–H groups in total. The van der Waals surface area contributed by atoms with Crippen molar-refractivity contribution in [3.05, 3.63) is 69.8 Å². The first kappa shape index (κ1) is 25.2. The van der Waals surface area contributed by atoms with Crippen molar-refractivity contribution in [3.63, 3.8) is 0 Å². The van der Waals surface area contributed by atoms with E-state index in [1.54, 1.807) is 19.2 Å². The van der Waals surface area contributed by atoms with E-state index in [1.165, 1.54) is 12.1 Å². The van der Waals surface area contributed by atoms with Gasteiger partial charge in [-0.05, 0) is 80.4 Å². The second-order valence-electron chi connectivity index (χ2n) is 10.1. The Balaban J connectivity index is 1.19. The highest BCUT2D eigenvalue weighted by atomic mass is 19.2. The number of benzene rings is 2. The average molecular weight is 507 g/mol. The lowest BCUT2D eigenvalue weighted by atomic mass is 9.82. The fourth-order valence-corrected chi connectivity index (χ4v) is 5.72. The van der Waals surface area contributed by atoms with E-state index >= 15 is 0 Å². The van der Waals surface area contributed by atoms with E-state index in [4.69, 9.17) is 14.2 Å². The van der Waals surface area contributed by atoms with E-state index in [-0.39, 0.29) is 35.2 Å². The predicted molar refractivity (Wildman–Crippen MR) is 124 cm³/mol. The van der Waals surface area contributed by atoms with Gasteiger partial charge in [0.1, 0.15) is 12.2 Å². The second kappa shape index (κ2) is 10.5. The summed E-state index contributed by atoms with van der Waals surface area (Å²) in [5.74, 6) is -5.11. The van der Waals surface area contributed by atoms with E-state index in [9.17, 15) is 22.4 Å². The van der Waals surface area contributed by atoms with Crippen LogP contribution in [0.5, 0.6) is 0 Å². The Bertz CT molecular complexity index is 1120. The molecule has 0 radical (unpaired) electrons. The molecule has 3 aliphatic rings. The van der Waals surface area contributed by atoms with Gasteiger partial charge in [-0.2, -0.15) is 0 Å². The van der Waals surface area contributed by atoms with Crippen LogP contribution in [0.3, 0.4) is 0 Å². The van der Waals surface area contributed by atoms with Crippen LogP contribution >= 0.6 is 0 Å². The van der Waals surface area contributed by atoms with Crippen molar-refractivity contribution in [2.75, 3.05) is 13.7 Å². The zero-order valence-electron chi connectivity index (χ0n) is 20.2. The minimum Gasteiger partial charge on any atom is -0.459 e. The molecule has 0 spiro atoms. The molecule has 8 heteroatoms. The van der Waals surface area contributed by atoms with Crippen molar-refractivity contribution in [1.29, 1.82) is 0 Å². The summed E-state index contributed by atoms with van der Waals surface area (Å²) in [4.78, 5) is 12.6. The van der Waals surface area contributed by atoms with Gasteiger partial charge < -0.3 is 14.2 Å². The van der Waals surface area contributed by atoms with Gasteiger partial charge in [-0.3, -0.25) is 0 Å². The Hall–Kier alpha value is -2.45. The summed E-state index contributed by atoms with van der Waals surface area (Å²) in [5, 5.41) is 0. The van der Waals surface area contributed by atoms with Crippen molar-refractivity contribution in [1.82, 2.24) is 0 Å². The van der Waals surface area contributed by atoms with Crippen molar-refractivity contribution in [3.8, 4) is 0 Å². The number of carbonyl (C=O) groups is 1. The number of hydrogen-bond acceptors (Lipinski definition) is 4. The molecular weight excluding hydrogens is 476 g/mol. The molecule has 1 saturated heterocycles. The van der Waals surface area contributed by atoms with E-state index in [0.29, 0.717) is 50.7 Å². The maximum Gasteiger partial charge on any atom is 0.341 e. The minimum atomic E-state index is -1.18. The summed E-state index contributed by atoms with van der Waals surface area (Å²) in [7, 11) is 1.65. The predicted octanol–water partition coefficient (Wildman–Crippen LogP) is 6.87. The molecular formula is C28H30F4O4. The number of carbonyl (C=O) groups excluding carboxylic acids is 1. The number of esters is 1. The molecule has 2 aromatic carbocycles. The largest absolute Gasteiger partial charge is 0.459 e. The maximum absolute atomic E-state index is 14.9. The Kier molecular flexibility index (Phi) is 7.35. The van der Waals surface area contributed by atoms with Crippen molar-refractivity contribution < 1.29 is 36.6 Å². The fraction of sp³-hybridized carbons (Fsp3) is 0.536. The van der Waals surface area contributed by atoms with Gasteiger partial charge in [-0.1, -0.05) is 18.2 Å². The van der Waals surface area contributed by atoms with Crippen molar-refractivity contribution in [2.24, 2.45) is 0 Å². The molecule has 5 rings (SSSR count). The molecule has 0 aromatic heterocycles. The van der Waals surface area contributed by atoms with Crippen molar-refractivity contribution >= 4 is 5.97 Å². The molecule has 2 aromatic rings. The molecule has 1 atom stereocenters. The molecule has 2 saturated carbocycles. The SMILES string of the molecule is COC1CCC(c2ccc(C(=O)OC3CCC(c4ccc(C5CO5)c(F)c4F)CC3)c(F)c2F)CC1. The van der Waals surface area contributed by atoms with Crippen LogP contribution in [0.1, 0.15) is 96.4 Å². The quantitative estimate of drug-likeness (QED) is 0.244. The zero-order chi connectivity index (χ0) is 25.4. The van der Waals surface area contributed by atoms with Crippen LogP contribution in [-0.2, 0) is 14.2 Å². The monoisotopic (exact) mass is 506 g/mol. The van der Waals surface area contributed by atoms with Gasteiger partial charge in [-0.15, -0.1) is 0 Å². The van der Waals surface area contributed by atoms with Crippen LogP contribution in [0.2, 0.25) is 0 Å². The normalized spacial score (nSPS) is 28.1. The number of ether oxygens (including phenoxy) is 3. The Labute approximate surface area is 207 Å². The number of methoxy groups -OCH3 is 1. The van der Waals surface area contributed by atoms with Crippen LogP contribution in [-0.4, -0.2) is 31.9 Å². The van der Waals surface area contributed by atoms with Crippen LogP contribution in [0, 0.1) is 23.3 Å². The van der Waals surface area contributed by atoms with Crippen LogP contribution in [0.25, 0.3) is 0 Å². The average Bonchev–Trinajstić information content (AvgIpc) is 3.73. The first-order valence-corrected chi connectivity index (χ1v) is 12.7. The summed E-state index contributed by atoms with van der Waals surface area (Å²) in [6.45, 7) is 0.398. The van der Waals surface area contributed by atoms with Crippen LogP contribution in [0.4, 0.5) is 17.6 Å². The molecule has 3 fully saturated rings. The molecule has 1 aliphatic heterocycles. The highest BCUT2D eigenvalue weighted by molar-refractivity contribution is 5.90. The van der Waals surface area contributed by atoms with Gasteiger partial charge in [0.05, 0.1) is 18.3 Å². The number of rotatable bonds is 6. The molecule has 194 valence electrons. The van der Waals surface area contributed by atoms with E-state index < -0.39 is 40.9 Å². The highest BCUT2D eigenvalue weighted by Gasteiger charge is 2.33. The van der Waals surface area contributed by atoms with E-state index in [2.05, 4.69) is 0 Å². The first-order chi connectivity index (χ1) is 17.4. The third-order valence-corrected chi connectivity index (χ3v) is 7.99. The summed E-state index contributed by atoms with van der Waals surface area (Å²) in [5.41, 5.74) is 0.411. The first-order valence-electron chi connectivity index (χ1n) is 12.7. The number of hydrogen-bond donors (Lipinski definition) is 0. The Morgan fingerprint density at radius 3 is 1.75 bits per heavy atom. The van der Waals surface area contributed by atoms with E-state index in [1.807, 2.05) is 0 Å². The Morgan fingerprint density at radius 2 is 1.19 bits per heavy atom. The standard InChI is InChI=1S/C28H30F4O4/c1-34-17-6-2-15(3-7-17)20-11-13-22(27(32)25(20)30)28(33)36-18-8-4-16(5-9-18)19-10-12-21(23-14-35-23)26(31)24(19)29/h10-13,15-18,23H,2-9,14H2,1H3. The smallest absolute Gasteiger partial charge is 0.341 e.